The molecule has 2 amide bonds. The van der Waals surface area contributed by atoms with E-state index >= 15 is 0 Å². The van der Waals surface area contributed by atoms with E-state index in [1.807, 2.05) is 26.8 Å². The van der Waals surface area contributed by atoms with E-state index in [4.69, 9.17) is 15.2 Å². The van der Waals surface area contributed by atoms with Crippen LogP contribution < -0.4 is 10.6 Å². The zero-order chi connectivity index (χ0) is 20.3. The topological polar surface area (TPSA) is 101 Å². The van der Waals surface area contributed by atoms with Gasteiger partial charge in [0.1, 0.15) is 17.2 Å². The summed E-state index contributed by atoms with van der Waals surface area (Å²) in [5, 5.41) is 0. The van der Waals surface area contributed by atoms with E-state index in [0.29, 0.717) is 45.0 Å². The lowest BCUT2D eigenvalue weighted by atomic mass is 10.2. The fourth-order valence-corrected chi connectivity index (χ4v) is 3.20. The molecule has 1 aromatic rings. The van der Waals surface area contributed by atoms with Gasteiger partial charge in [-0.1, -0.05) is 0 Å². The lowest BCUT2D eigenvalue weighted by Gasteiger charge is -2.35. The zero-order valence-corrected chi connectivity index (χ0v) is 16.8. The molecule has 2 fully saturated rings. The Balaban J connectivity index is 1.60. The Morgan fingerprint density at radius 2 is 1.64 bits per heavy atom. The summed E-state index contributed by atoms with van der Waals surface area (Å²) in [5.74, 6) is 0.818. The monoisotopic (exact) mass is 391 g/mol. The first kappa shape index (κ1) is 20.2. The third-order valence-corrected chi connectivity index (χ3v) is 4.69. The molecule has 0 radical (unpaired) electrons. The van der Waals surface area contributed by atoms with Crippen molar-refractivity contribution in [3.05, 3.63) is 17.7 Å². The molecule has 3 rings (SSSR count). The fraction of sp³-hybridized carbons (Fsp3) is 0.632. The number of carbonyl (C=O) groups is 2. The summed E-state index contributed by atoms with van der Waals surface area (Å²) in [7, 11) is 0. The first-order chi connectivity index (χ1) is 13.2. The van der Waals surface area contributed by atoms with E-state index in [9.17, 15) is 9.59 Å². The number of carbonyl (C=O) groups excluding carboxylic acids is 2. The van der Waals surface area contributed by atoms with Gasteiger partial charge in [-0.25, -0.2) is 9.78 Å². The Labute approximate surface area is 165 Å². The number of hydrogen-bond acceptors (Lipinski definition) is 7. The van der Waals surface area contributed by atoms with Crippen molar-refractivity contribution in [2.45, 2.75) is 26.4 Å². The minimum atomic E-state index is -0.535. The quantitative estimate of drug-likeness (QED) is 0.808. The van der Waals surface area contributed by atoms with Crippen LogP contribution in [-0.2, 0) is 9.47 Å². The van der Waals surface area contributed by atoms with Crippen LogP contribution in [0.3, 0.4) is 0 Å². The maximum Gasteiger partial charge on any atom is 0.410 e. The van der Waals surface area contributed by atoms with E-state index < -0.39 is 5.60 Å². The fourth-order valence-electron chi connectivity index (χ4n) is 3.20. The molecule has 9 nitrogen and oxygen atoms in total. The maximum atomic E-state index is 12.9. The summed E-state index contributed by atoms with van der Waals surface area (Å²) in [6, 6.07) is 3.56. The number of amides is 2. The maximum absolute atomic E-state index is 12.9. The molecule has 2 N–H and O–H groups in total. The number of rotatable bonds is 2. The third-order valence-electron chi connectivity index (χ3n) is 4.69. The van der Waals surface area contributed by atoms with Gasteiger partial charge in [-0.05, 0) is 32.9 Å². The molecule has 1 aromatic heterocycles. The van der Waals surface area contributed by atoms with Gasteiger partial charge in [0.25, 0.3) is 5.91 Å². The summed E-state index contributed by atoms with van der Waals surface area (Å²) in [6.45, 7) is 10.1. The van der Waals surface area contributed by atoms with Gasteiger partial charge in [0.2, 0.25) is 0 Å². The standard InChI is InChI=1S/C19H29N5O4/c1-19(2,3)28-18(26)24-8-6-23(7-9-24)17(25)14-4-5-15(21-16(14)20)22-10-12-27-13-11-22/h4-5H,6-13H2,1-3H3,(H2,20,21). The van der Waals surface area contributed by atoms with Gasteiger partial charge in [-0.3, -0.25) is 4.79 Å². The molecule has 0 aromatic carbocycles. The van der Waals surface area contributed by atoms with Crippen LogP contribution in [0.2, 0.25) is 0 Å². The van der Waals surface area contributed by atoms with Crippen LogP contribution in [0.5, 0.6) is 0 Å². The number of hydrogen-bond donors (Lipinski definition) is 1. The molecule has 2 saturated heterocycles. The van der Waals surface area contributed by atoms with Crippen molar-refractivity contribution in [1.82, 2.24) is 14.8 Å². The van der Waals surface area contributed by atoms with Crippen LogP contribution in [-0.4, -0.2) is 84.9 Å². The number of morpholine rings is 1. The van der Waals surface area contributed by atoms with Gasteiger partial charge < -0.3 is 29.9 Å². The van der Waals surface area contributed by atoms with Crippen LogP contribution in [0.1, 0.15) is 31.1 Å². The number of ether oxygens (including phenoxy) is 2. The summed E-state index contributed by atoms with van der Waals surface area (Å²) in [5.41, 5.74) is 5.94. The molecular weight excluding hydrogens is 362 g/mol. The molecule has 2 aliphatic rings. The van der Waals surface area contributed by atoms with Gasteiger partial charge >= 0.3 is 6.09 Å². The average Bonchev–Trinajstić information content (AvgIpc) is 2.67. The van der Waals surface area contributed by atoms with Crippen molar-refractivity contribution in [3.63, 3.8) is 0 Å². The van der Waals surface area contributed by atoms with Crippen LogP contribution >= 0.6 is 0 Å². The summed E-state index contributed by atoms with van der Waals surface area (Å²) in [6.07, 6.45) is -0.351. The molecule has 28 heavy (non-hydrogen) atoms. The molecule has 3 heterocycles. The Kier molecular flexibility index (Phi) is 5.93. The van der Waals surface area contributed by atoms with E-state index in [-0.39, 0.29) is 17.8 Å². The SMILES string of the molecule is CC(C)(C)OC(=O)N1CCN(C(=O)c2ccc(N3CCOCC3)nc2N)CC1. The number of piperazine rings is 1. The second kappa shape index (κ2) is 8.22. The molecule has 0 atom stereocenters. The van der Waals surface area contributed by atoms with Crippen molar-refractivity contribution in [2.75, 3.05) is 63.1 Å². The Bertz CT molecular complexity index is 720. The Morgan fingerprint density at radius 3 is 2.21 bits per heavy atom. The van der Waals surface area contributed by atoms with E-state index in [1.54, 1.807) is 15.9 Å². The minimum Gasteiger partial charge on any atom is -0.444 e. The van der Waals surface area contributed by atoms with Crippen molar-refractivity contribution in [2.24, 2.45) is 0 Å². The van der Waals surface area contributed by atoms with Crippen molar-refractivity contribution in [3.8, 4) is 0 Å². The van der Waals surface area contributed by atoms with Gasteiger partial charge in [-0.15, -0.1) is 0 Å². The molecule has 0 unspecified atom stereocenters. The second-order valence-electron chi connectivity index (χ2n) is 7.96. The summed E-state index contributed by atoms with van der Waals surface area (Å²) < 4.78 is 10.7. The molecule has 2 aliphatic heterocycles. The second-order valence-corrected chi connectivity index (χ2v) is 7.96. The van der Waals surface area contributed by atoms with Gasteiger partial charge in [0.05, 0.1) is 18.8 Å². The summed E-state index contributed by atoms with van der Waals surface area (Å²) >= 11 is 0. The Morgan fingerprint density at radius 1 is 1.04 bits per heavy atom. The minimum absolute atomic E-state index is 0.164. The largest absolute Gasteiger partial charge is 0.444 e. The van der Waals surface area contributed by atoms with E-state index in [1.165, 1.54) is 0 Å². The first-order valence-corrected chi connectivity index (χ1v) is 9.61. The van der Waals surface area contributed by atoms with Crippen LogP contribution in [0.25, 0.3) is 0 Å². The number of nitrogen functional groups attached to an aromatic ring is 1. The molecule has 154 valence electrons. The number of anilines is 2. The smallest absolute Gasteiger partial charge is 0.410 e. The molecule has 0 saturated carbocycles. The first-order valence-electron chi connectivity index (χ1n) is 9.61. The predicted octanol–water partition coefficient (Wildman–Crippen LogP) is 1.19. The lowest BCUT2D eigenvalue weighted by molar-refractivity contribution is 0.0141. The number of nitrogens with zero attached hydrogens (tertiary/aromatic N) is 4. The van der Waals surface area contributed by atoms with Crippen molar-refractivity contribution in [1.29, 1.82) is 0 Å². The van der Waals surface area contributed by atoms with Crippen LogP contribution in [0.15, 0.2) is 12.1 Å². The van der Waals surface area contributed by atoms with Gasteiger partial charge in [0.15, 0.2) is 0 Å². The average molecular weight is 391 g/mol. The highest BCUT2D eigenvalue weighted by Gasteiger charge is 2.29. The van der Waals surface area contributed by atoms with Gasteiger partial charge in [-0.2, -0.15) is 0 Å². The number of pyridine rings is 1. The van der Waals surface area contributed by atoms with E-state index in [2.05, 4.69) is 9.88 Å². The lowest BCUT2D eigenvalue weighted by Crippen LogP contribution is -2.51. The molecule has 0 aliphatic carbocycles. The highest BCUT2D eigenvalue weighted by molar-refractivity contribution is 5.98. The van der Waals surface area contributed by atoms with Crippen LogP contribution in [0.4, 0.5) is 16.4 Å². The van der Waals surface area contributed by atoms with Crippen molar-refractivity contribution < 1.29 is 19.1 Å². The van der Waals surface area contributed by atoms with E-state index in [0.717, 1.165) is 18.9 Å². The highest BCUT2D eigenvalue weighted by Crippen LogP contribution is 2.20. The molecular formula is C19H29N5O4. The molecule has 0 spiro atoms. The normalized spacial score (nSPS) is 18.2. The van der Waals surface area contributed by atoms with Crippen molar-refractivity contribution >= 4 is 23.6 Å². The Hall–Kier alpha value is -2.55. The number of aromatic nitrogens is 1. The van der Waals surface area contributed by atoms with Gasteiger partial charge in [0, 0.05) is 39.3 Å². The highest BCUT2D eigenvalue weighted by atomic mass is 16.6. The predicted molar refractivity (Wildman–Crippen MR) is 105 cm³/mol. The third kappa shape index (κ3) is 4.83. The molecule has 9 heteroatoms. The summed E-state index contributed by atoms with van der Waals surface area (Å²) in [4.78, 5) is 34.8. The number of nitrogens with two attached hydrogens (primary N) is 1. The molecule has 0 bridgehead atoms. The van der Waals surface area contributed by atoms with Crippen LogP contribution in [0, 0.1) is 0 Å². The zero-order valence-electron chi connectivity index (χ0n) is 16.8.